The Labute approximate surface area is 161 Å². The average molecular weight is 374 g/mol. The molecular formula is C22H30O5. The summed E-state index contributed by atoms with van der Waals surface area (Å²) in [4.78, 5) is 23.2. The first-order chi connectivity index (χ1) is 13.0. The van der Waals surface area contributed by atoms with E-state index in [4.69, 9.17) is 9.84 Å². The second kappa shape index (κ2) is 8.58. The maximum atomic E-state index is 12.4. The zero-order valence-corrected chi connectivity index (χ0v) is 16.1. The molecule has 3 rings (SSSR count). The van der Waals surface area contributed by atoms with Gasteiger partial charge < -0.3 is 14.9 Å². The predicted octanol–water partition coefficient (Wildman–Crippen LogP) is 3.11. The summed E-state index contributed by atoms with van der Waals surface area (Å²) in [5.74, 6) is 5.03. The van der Waals surface area contributed by atoms with Crippen LogP contribution in [0.15, 0.2) is 11.6 Å². The van der Waals surface area contributed by atoms with E-state index in [2.05, 4.69) is 11.8 Å². The van der Waals surface area contributed by atoms with Crippen LogP contribution in [0.25, 0.3) is 0 Å². The van der Waals surface area contributed by atoms with Crippen LogP contribution in [-0.4, -0.2) is 40.8 Å². The van der Waals surface area contributed by atoms with Gasteiger partial charge in [0.2, 0.25) is 5.78 Å². The lowest BCUT2D eigenvalue weighted by atomic mass is 9.53. The minimum absolute atomic E-state index is 0.0204. The molecule has 3 aliphatic rings. The highest BCUT2D eigenvalue weighted by molar-refractivity contribution is 5.97. The fourth-order valence-electron chi connectivity index (χ4n) is 5.08. The number of carbonyl (C=O) groups excluding carboxylic acids is 1. The van der Waals surface area contributed by atoms with Crippen LogP contribution >= 0.6 is 0 Å². The van der Waals surface area contributed by atoms with Crippen LogP contribution in [0, 0.1) is 29.6 Å². The minimum atomic E-state index is -0.807. The average Bonchev–Trinajstić information content (AvgIpc) is 2.66. The third-order valence-corrected chi connectivity index (χ3v) is 6.69. The minimum Gasteiger partial charge on any atom is -0.481 e. The Bertz CT molecular complexity index is 664. The molecule has 5 heteroatoms. The van der Waals surface area contributed by atoms with Crippen molar-refractivity contribution in [3.63, 3.8) is 0 Å². The van der Waals surface area contributed by atoms with Gasteiger partial charge in [-0.2, -0.15) is 0 Å². The molecule has 2 N–H and O–H groups in total. The number of aliphatic hydroxyl groups excluding tert-OH is 1. The quantitative estimate of drug-likeness (QED) is 0.439. The Kier molecular flexibility index (Phi) is 6.39. The second-order valence-corrected chi connectivity index (χ2v) is 8.17. The van der Waals surface area contributed by atoms with Gasteiger partial charge >= 0.3 is 5.97 Å². The summed E-state index contributed by atoms with van der Waals surface area (Å²) in [6.07, 6.45) is 9.35. The molecule has 148 valence electrons. The fraction of sp³-hybridized carbons (Fsp3) is 0.727. The summed E-state index contributed by atoms with van der Waals surface area (Å²) < 4.78 is 5.87. The van der Waals surface area contributed by atoms with Gasteiger partial charge in [-0.05, 0) is 50.0 Å². The van der Waals surface area contributed by atoms with Crippen molar-refractivity contribution in [1.29, 1.82) is 0 Å². The summed E-state index contributed by atoms with van der Waals surface area (Å²) in [5.41, 5.74) is 0.666. The first-order valence-corrected chi connectivity index (χ1v) is 10.2. The number of ether oxygens (including phenoxy) is 1. The molecule has 5 nitrogen and oxygen atoms in total. The molecule has 0 saturated heterocycles. The van der Waals surface area contributed by atoms with Crippen LogP contribution in [0.3, 0.4) is 0 Å². The summed E-state index contributed by atoms with van der Waals surface area (Å²) in [6, 6.07) is 0. The maximum absolute atomic E-state index is 12.4. The molecule has 0 aromatic carbocycles. The zero-order chi connectivity index (χ0) is 19.4. The summed E-state index contributed by atoms with van der Waals surface area (Å²) >= 11 is 0. The molecule has 0 aromatic heterocycles. The number of methoxy groups -OCH3 is 1. The summed E-state index contributed by atoms with van der Waals surface area (Å²) in [6.45, 7) is 0. The predicted molar refractivity (Wildman–Crippen MR) is 101 cm³/mol. The van der Waals surface area contributed by atoms with Crippen LogP contribution in [0.4, 0.5) is 0 Å². The SMILES string of the molecule is COC12CCC(O)C(C#CC(=O)C3CCCCC3)C1CC2=CCCC(=O)O. The number of allylic oxidation sites excluding steroid dienone is 1. The van der Waals surface area contributed by atoms with E-state index < -0.39 is 17.7 Å². The molecule has 0 heterocycles. The number of aliphatic carboxylic acids is 1. The van der Waals surface area contributed by atoms with Crippen LogP contribution in [0.1, 0.15) is 64.2 Å². The molecule has 0 radical (unpaired) electrons. The number of hydrogen-bond donors (Lipinski definition) is 2. The van der Waals surface area contributed by atoms with Crippen LogP contribution < -0.4 is 0 Å². The van der Waals surface area contributed by atoms with Crippen molar-refractivity contribution in [1.82, 2.24) is 0 Å². The van der Waals surface area contributed by atoms with E-state index in [1.54, 1.807) is 7.11 Å². The molecule has 3 aliphatic carbocycles. The highest BCUT2D eigenvalue weighted by atomic mass is 16.5. The van der Waals surface area contributed by atoms with Crippen molar-refractivity contribution in [2.24, 2.45) is 17.8 Å². The van der Waals surface area contributed by atoms with Crippen LogP contribution in [0.5, 0.6) is 0 Å². The Morgan fingerprint density at radius 1 is 1.26 bits per heavy atom. The van der Waals surface area contributed by atoms with E-state index in [0.29, 0.717) is 19.3 Å². The number of Topliss-reactive ketones (excluding diaryl/α,β-unsaturated/α-hetero) is 1. The second-order valence-electron chi connectivity index (χ2n) is 8.17. The van der Waals surface area contributed by atoms with Crippen molar-refractivity contribution in [3.05, 3.63) is 11.6 Å². The molecule has 0 spiro atoms. The first kappa shape index (κ1) is 20.1. The molecule has 0 bridgehead atoms. The van der Waals surface area contributed by atoms with Crippen molar-refractivity contribution in [2.75, 3.05) is 7.11 Å². The number of fused-ring (bicyclic) bond motifs is 1. The van der Waals surface area contributed by atoms with E-state index >= 15 is 0 Å². The lowest BCUT2D eigenvalue weighted by molar-refractivity contribution is -0.139. The highest BCUT2D eigenvalue weighted by Crippen LogP contribution is 2.56. The van der Waals surface area contributed by atoms with E-state index in [1.807, 2.05) is 6.08 Å². The molecular weight excluding hydrogens is 344 g/mol. The molecule has 0 amide bonds. The lowest BCUT2D eigenvalue weighted by Crippen LogP contribution is -2.59. The number of carbonyl (C=O) groups is 2. The van der Waals surface area contributed by atoms with Gasteiger partial charge in [0, 0.05) is 25.4 Å². The zero-order valence-electron chi connectivity index (χ0n) is 16.1. The van der Waals surface area contributed by atoms with Crippen molar-refractivity contribution in [3.8, 4) is 11.8 Å². The Morgan fingerprint density at radius 2 is 2.00 bits per heavy atom. The maximum Gasteiger partial charge on any atom is 0.303 e. The third-order valence-electron chi connectivity index (χ3n) is 6.69. The van der Waals surface area contributed by atoms with Crippen LogP contribution in [0.2, 0.25) is 0 Å². The standard InChI is InChI=1S/C22H30O5/c1-27-22-13-12-20(24)17(10-11-19(23)15-6-3-2-4-7-15)18(22)14-16(22)8-5-9-21(25)26/h8,15,17-18,20,24H,2-7,9,12-14H2,1H3,(H,25,26). The normalized spacial score (nSPS) is 34.9. The van der Waals surface area contributed by atoms with Gasteiger partial charge in [-0.25, -0.2) is 0 Å². The molecule has 4 unspecified atom stereocenters. The first-order valence-electron chi connectivity index (χ1n) is 10.2. The lowest BCUT2D eigenvalue weighted by Gasteiger charge is -2.57. The molecule has 3 saturated carbocycles. The van der Waals surface area contributed by atoms with Crippen molar-refractivity contribution < 1.29 is 24.5 Å². The van der Waals surface area contributed by atoms with E-state index in [-0.39, 0.29) is 30.0 Å². The van der Waals surface area contributed by atoms with Gasteiger partial charge in [0.15, 0.2) is 0 Å². The Morgan fingerprint density at radius 3 is 2.67 bits per heavy atom. The molecule has 27 heavy (non-hydrogen) atoms. The fourth-order valence-corrected chi connectivity index (χ4v) is 5.08. The largest absolute Gasteiger partial charge is 0.481 e. The Balaban J connectivity index is 1.71. The molecule has 0 aliphatic heterocycles. The third kappa shape index (κ3) is 4.12. The van der Waals surface area contributed by atoms with Gasteiger partial charge in [-0.3, -0.25) is 9.59 Å². The van der Waals surface area contributed by atoms with E-state index in [0.717, 1.165) is 37.7 Å². The van der Waals surface area contributed by atoms with Crippen molar-refractivity contribution >= 4 is 11.8 Å². The van der Waals surface area contributed by atoms with Gasteiger partial charge in [0.25, 0.3) is 0 Å². The van der Waals surface area contributed by atoms with E-state index in [9.17, 15) is 14.7 Å². The molecule has 0 aromatic rings. The van der Waals surface area contributed by atoms with E-state index in [1.165, 1.54) is 6.42 Å². The molecule has 4 atom stereocenters. The topological polar surface area (TPSA) is 83.8 Å². The number of rotatable bonds is 5. The van der Waals surface area contributed by atoms with Gasteiger partial charge in [0.1, 0.15) is 0 Å². The molecule has 3 fully saturated rings. The summed E-state index contributed by atoms with van der Waals surface area (Å²) in [7, 11) is 1.67. The number of carboxylic acids is 1. The van der Waals surface area contributed by atoms with Crippen LogP contribution in [-0.2, 0) is 14.3 Å². The summed E-state index contributed by atoms with van der Waals surface area (Å²) in [5, 5.41) is 19.3. The van der Waals surface area contributed by atoms with Gasteiger partial charge in [0.05, 0.1) is 17.6 Å². The smallest absolute Gasteiger partial charge is 0.303 e. The Hall–Kier alpha value is -1.64. The highest BCUT2D eigenvalue weighted by Gasteiger charge is 2.58. The van der Waals surface area contributed by atoms with Gasteiger partial charge in [-0.1, -0.05) is 31.3 Å². The number of hydrogen-bond acceptors (Lipinski definition) is 4. The van der Waals surface area contributed by atoms with Crippen molar-refractivity contribution in [2.45, 2.75) is 75.9 Å². The number of ketones is 1. The monoisotopic (exact) mass is 374 g/mol. The number of carboxylic acid groups (broad SMARTS) is 1. The van der Waals surface area contributed by atoms with Gasteiger partial charge in [-0.15, -0.1) is 0 Å². The number of aliphatic hydroxyl groups is 1.